The minimum absolute atomic E-state index is 0.0106. The Hall–Kier alpha value is -1.97. The molecule has 0 heterocycles. The zero-order valence-corrected chi connectivity index (χ0v) is 15.3. The first kappa shape index (κ1) is 21.1. The van der Waals surface area contributed by atoms with Gasteiger partial charge >= 0.3 is 5.97 Å². The molecule has 1 atom stereocenters. The Morgan fingerprint density at radius 3 is 2.44 bits per heavy atom. The van der Waals surface area contributed by atoms with Crippen molar-refractivity contribution in [1.82, 2.24) is 9.62 Å². The van der Waals surface area contributed by atoms with Gasteiger partial charge < -0.3 is 15.1 Å². The van der Waals surface area contributed by atoms with Gasteiger partial charge in [-0.05, 0) is 25.5 Å². The monoisotopic (exact) mass is 372 g/mol. The van der Waals surface area contributed by atoms with E-state index < -0.39 is 34.0 Å². The molecule has 0 spiro atoms. The average molecular weight is 372 g/mol. The van der Waals surface area contributed by atoms with E-state index in [4.69, 9.17) is 5.11 Å². The van der Waals surface area contributed by atoms with Crippen LogP contribution in [0.4, 0.5) is 0 Å². The number of carbonyl (C=O) groups is 2. The predicted molar refractivity (Wildman–Crippen MR) is 91.8 cm³/mol. The molecule has 0 saturated heterocycles. The first-order chi connectivity index (χ1) is 11.5. The van der Waals surface area contributed by atoms with E-state index in [9.17, 15) is 23.1 Å². The van der Waals surface area contributed by atoms with Crippen molar-refractivity contribution in [2.24, 2.45) is 0 Å². The van der Waals surface area contributed by atoms with E-state index in [0.29, 0.717) is 6.54 Å². The second-order valence-corrected chi connectivity index (χ2v) is 7.72. The Bertz CT molecular complexity index is 730. The maximum Gasteiger partial charge on any atom is 0.336 e. The highest BCUT2D eigenvalue weighted by Gasteiger charge is 2.33. The first-order valence-corrected chi connectivity index (χ1v) is 9.31. The van der Waals surface area contributed by atoms with Crippen molar-refractivity contribution < 1.29 is 28.2 Å². The largest absolute Gasteiger partial charge is 0.479 e. The number of sulfonamides is 1. The molecule has 1 unspecified atom stereocenters. The summed E-state index contributed by atoms with van der Waals surface area (Å²) in [5, 5.41) is 18.5. The summed E-state index contributed by atoms with van der Waals surface area (Å²) < 4.78 is 27.0. The zero-order chi connectivity index (χ0) is 19.3. The van der Waals surface area contributed by atoms with Crippen LogP contribution in [0.1, 0.15) is 37.0 Å². The fourth-order valence-corrected chi connectivity index (χ4v) is 3.30. The third-order valence-corrected chi connectivity index (χ3v) is 5.13. The predicted octanol–water partition coefficient (Wildman–Crippen LogP) is 0.673. The maximum absolute atomic E-state index is 12.5. The van der Waals surface area contributed by atoms with Crippen molar-refractivity contribution in [2.75, 3.05) is 20.1 Å². The standard InChI is InChI=1S/C16H24N2O6S/c1-4-5-10-18(3)14(19)12-8-6-7-9-13(12)25(23,24)17-11-16(2,22)15(20)21/h6-9,17,22H,4-5,10-11H2,1-3H3,(H,20,21). The molecule has 25 heavy (non-hydrogen) atoms. The van der Waals surface area contributed by atoms with Gasteiger partial charge in [-0.15, -0.1) is 0 Å². The molecule has 0 radical (unpaired) electrons. The third-order valence-electron chi connectivity index (χ3n) is 3.67. The molecule has 140 valence electrons. The Balaban J connectivity index is 3.09. The van der Waals surface area contributed by atoms with Crippen molar-refractivity contribution in [1.29, 1.82) is 0 Å². The van der Waals surface area contributed by atoms with Crippen molar-refractivity contribution in [2.45, 2.75) is 37.2 Å². The molecule has 0 aromatic heterocycles. The molecule has 8 nitrogen and oxygen atoms in total. The lowest BCUT2D eigenvalue weighted by Crippen LogP contribution is -2.46. The summed E-state index contributed by atoms with van der Waals surface area (Å²) in [6, 6.07) is 5.67. The highest BCUT2D eigenvalue weighted by molar-refractivity contribution is 7.89. The molecular formula is C16H24N2O6S. The van der Waals surface area contributed by atoms with E-state index in [0.717, 1.165) is 19.8 Å². The fraction of sp³-hybridized carbons (Fsp3) is 0.500. The van der Waals surface area contributed by atoms with Crippen LogP contribution in [0.2, 0.25) is 0 Å². The Morgan fingerprint density at radius 1 is 1.28 bits per heavy atom. The SMILES string of the molecule is CCCCN(C)C(=O)c1ccccc1S(=O)(=O)NCC(C)(O)C(=O)O. The number of benzene rings is 1. The molecule has 0 aliphatic rings. The number of aliphatic hydroxyl groups is 1. The molecule has 0 bridgehead atoms. The Kier molecular flexibility index (Phi) is 7.09. The van der Waals surface area contributed by atoms with Crippen LogP contribution in [0.5, 0.6) is 0 Å². The van der Waals surface area contributed by atoms with Crippen LogP contribution in [-0.2, 0) is 14.8 Å². The molecule has 0 aliphatic carbocycles. The van der Waals surface area contributed by atoms with E-state index in [2.05, 4.69) is 0 Å². The highest BCUT2D eigenvalue weighted by atomic mass is 32.2. The summed E-state index contributed by atoms with van der Waals surface area (Å²) >= 11 is 0. The fourth-order valence-electron chi connectivity index (χ4n) is 1.97. The van der Waals surface area contributed by atoms with Crippen LogP contribution in [0.3, 0.4) is 0 Å². The van der Waals surface area contributed by atoms with Crippen molar-refractivity contribution >= 4 is 21.9 Å². The molecular weight excluding hydrogens is 348 g/mol. The minimum atomic E-state index is -4.18. The molecule has 0 aliphatic heterocycles. The number of aliphatic carboxylic acids is 1. The van der Waals surface area contributed by atoms with Crippen LogP contribution >= 0.6 is 0 Å². The highest BCUT2D eigenvalue weighted by Crippen LogP contribution is 2.18. The average Bonchev–Trinajstić information content (AvgIpc) is 2.57. The number of carbonyl (C=O) groups excluding carboxylic acids is 1. The van der Waals surface area contributed by atoms with Gasteiger partial charge in [0.25, 0.3) is 5.91 Å². The molecule has 9 heteroatoms. The normalized spacial score (nSPS) is 13.9. The molecule has 3 N–H and O–H groups in total. The van der Waals surface area contributed by atoms with Crippen LogP contribution < -0.4 is 4.72 Å². The zero-order valence-electron chi connectivity index (χ0n) is 14.5. The van der Waals surface area contributed by atoms with Crippen LogP contribution in [0.15, 0.2) is 29.2 Å². The van der Waals surface area contributed by atoms with Gasteiger partial charge in [0.2, 0.25) is 10.0 Å². The van der Waals surface area contributed by atoms with Gasteiger partial charge in [-0.3, -0.25) is 4.79 Å². The second kappa shape index (κ2) is 8.41. The summed E-state index contributed by atoms with van der Waals surface area (Å²) in [6.45, 7) is 2.73. The minimum Gasteiger partial charge on any atom is -0.479 e. The quantitative estimate of drug-likeness (QED) is 0.585. The van der Waals surface area contributed by atoms with E-state index >= 15 is 0 Å². The van der Waals surface area contributed by atoms with E-state index in [-0.39, 0.29) is 10.5 Å². The summed E-state index contributed by atoms with van der Waals surface area (Å²) in [6.07, 6.45) is 1.68. The van der Waals surface area contributed by atoms with Gasteiger partial charge in [0.05, 0.1) is 17.0 Å². The topological polar surface area (TPSA) is 124 Å². The Morgan fingerprint density at radius 2 is 1.88 bits per heavy atom. The summed E-state index contributed by atoms with van der Waals surface area (Å²) in [5.74, 6) is -2.00. The molecule has 0 saturated carbocycles. The summed E-state index contributed by atoms with van der Waals surface area (Å²) in [5.41, 5.74) is -2.27. The maximum atomic E-state index is 12.5. The van der Waals surface area contributed by atoms with Crippen molar-refractivity contribution in [3.05, 3.63) is 29.8 Å². The smallest absolute Gasteiger partial charge is 0.336 e. The number of unbranched alkanes of at least 4 members (excludes halogenated alkanes) is 1. The van der Waals surface area contributed by atoms with Crippen molar-refractivity contribution in [3.8, 4) is 0 Å². The van der Waals surface area contributed by atoms with Crippen molar-refractivity contribution in [3.63, 3.8) is 0 Å². The lowest BCUT2D eigenvalue weighted by molar-refractivity contribution is -0.155. The van der Waals surface area contributed by atoms with Gasteiger partial charge in [0.15, 0.2) is 5.60 Å². The lowest BCUT2D eigenvalue weighted by Gasteiger charge is -2.21. The molecule has 1 aromatic rings. The van der Waals surface area contributed by atoms with E-state index in [1.165, 1.54) is 23.1 Å². The molecule has 1 rings (SSSR count). The molecule has 1 amide bonds. The van der Waals surface area contributed by atoms with Gasteiger partial charge in [-0.2, -0.15) is 0 Å². The number of carboxylic acids is 1. The summed E-state index contributed by atoms with van der Waals surface area (Å²) in [7, 11) is -2.59. The third kappa shape index (κ3) is 5.52. The van der Waals surface area contributed by atoms with Crippen LogP contribution in [0.25, 0.3) is 0 Å². The van der Waals surface area contributed by atoms with Gasteiger partial charge in [0.1, 0.15) is 0 Å². The molecule has 0 fully saturated rings. The summed E-state index contributed by atoms with van der Waals surface area (Å²) in [4.78, 5) is 24.6. The number of rotatable bonds is 9. The number of nitrogens with zero attached hydrogens (tertiary/aromatic N) is 1. The lowest BCUT2D eigenvalue weighted by atomic mass is 10.1. The number of nitrogens with one attached hydrogen (secondary N) is 1. The number of hydrogen-bond acceptors (Lipinski definition) is 5. The Labute approximate surface area is 147 Å². The van der Waals surface area contributed by atoms with E-state index in [1.807, 2.05) is 11.6 Å². The van der Waals surface area contributed by atoms with Crippen LogP contribution in [0, 0.1) is 0 Å². The first-order valence-electron chi connectivity index (χ1n) is 7.83. The van der Waals surface area contributed by atoms with E-state index in [1.54, 1.807) is 13.1 Å². The number of carboxylic acid groups (broad SMARTS) is 1. The number of amides is 1. The second-order valence-electron chi connectivity index (χ2n) is 5.98. The van der Waals surface area contributed by atoms with Gasteiger partial charge in [-0.25, -0.2) is 17.9 Å². The van der Waals surface area contributed by atoms with Gasteiger partial charge in [-0.1, -0.05) is 25.5 Å². The molecule has 1 aromatic carbocycles. The van der Waals surface area contributed by atoms with Gasteiger partial charge in [0, 0.05) is 13.6 Å². The number of hydrogen-bond donors (Lipinski definition) is 3. The van der Waals surface area contributed by atoms with Crippen LogP contribution in [-0.4, -0.2) is 61.1 Å².